The second-order valence-electron chi connectivity index (χ2n) is 8.70. The van der Waals surface area contributed by atoms with E-state index in [1.165, 1.54) is 18.3 Å². The summed E-state index contributed by atoms with van der Waals surface area (Å²) in [5.74, 6) is -0.400. The number of benzene rings is 1. The number of pyridine rings is 2. The molecule has 3 amide bonds. The van der Waals surface area contributed by atoms with Gasteiger partial charge in [-0.25, -0.2) is 23.5 Å². The number of nitrogens with zero attached hydrogens (tertiary/aromatic N) is 5. The second kappa shape index (κ2) is 10.7. The number of amides is 3. The van der Waals surface area contributed by atoms with Crippen molar-refractivity contribution in [2.75, 3.05) is 42.9 Å². The summed E-state index contributed by atoms with van der Waals surface area (Å²) < 4.78 is 31.0. The molecule has 196 valence electrons. The molecule has 9 nitrogen and oxygen atoms in total. The molecular weight excluding hydrogens is 512 g/mol. The Hall–Kier alpha value is -4.19. The molecule has 3 aromatic heterocycles. The third-order valence-corrected chi connectivity index (χ3v) is 7.29. The molecular formula is C26H25F2N7O2S. The molecule has 0 radical (unpaired) electrons. The SMILES string of the molecule is CCNC(=O)Nc1nc2c(F)c(-c3ccc(N4CCN(C(C)=O)CC4)nc3)cc(-c3ncccc3F)c2s1. The lowest BCUT2D eigenvalue weighted by Gasteiger charge is -2.34. The zero-order valence-electron chi connectivity index (χ0n) is 20.8. The lowest BCUT2D eigenvalue weighted by atomic mass is 10.0. The van der Waals surface area contributed by atoms with Crippen LogP contribution in [0.1, 0.15) is 13.8 Å². The number of aromatic nitrogens is 3. The minimum atomic E-state index is -0.607. The van der Waals surface area contributed by atoms with Gasteiger partial charge >= 0.3 is 6.03 Å². The maximum Gasteiger partial charge on any atom is 0.321 e. The van der Waals surface area contributed by atoms with Crippen molar-refractivity contribution in [3.63, 3.8) is 0 Å². The third-order valence-electron chi connectivity index (χ3n) is 6.28. The van der Waals surface area contributed by atoms with Gasteiger partial charge in [0.05, 0.1) is 4.70 Å². The van der Waals surface area contributed by atoms with Gasteiger partial charge in [0.25, 0.3) is 0 Å². The van der Waals surface area contributed by atoms with Gasteiger partial charge < -0.3 is 15.1 Å². The number of piperazine rings is 1. The van der Waals surface area contributed by atoms with Crippen molar-refractivity contribution in [1.29, 1.82) is 0 Å². The molecule has 1 aliphatic rings. The molecule has 2 N–H and O–H groups in total. The topological polar surface area (TPSA) is 103 Å². The highest BCUT2D eigenvalue weighted by molar-refractivity contribution is 7.22. The first kappa shape index (κ1) is 25.5. The first-order chi connectivity index (χ1) is 18.4. The maximum absolute atomic E-state index is 15.8. The van der Waals surface area contributed by atoms with Gasteiger partial charge in [0.2, 0.25) is 5.91 Å². The first-order valence-corrected chi connectivity index (χ1v) is 12.9. The second-order valence-corrected chi connectivity index (χ2v) is 9.70. The van der Waals surface area contributed by atoms with E-state index in [-0.39, 0.29) is 27.8 Å². The fourth-order valence-electron chi connectivity index (χ4n) is 4.36. The summed E-state index contributed by atoms with van der Waals surface area (Å²) in [7, 11) is 0. The molecule has 1 aromatic carbocycles. The van der Waals surface area contributed by atoms with Crippen molar-refractivity contribution in [3.8, 4) is 22.4 Å². The summed E-state index contributed by atoms with van der Waals surface area (Å²) in [6.07, 6.45) is 3.03. The summed E-state index contributed by atoms with van der Waals surface area (Å²) in [5.41, 5.74) is 1.09. The lowest BCUT2D eigenvalue weighted by Crippen LogP contribution is -2.48. The molecule has 0 bridgehead atoms. The Kier molecular flexibility index (Phi) is 7.14. The van der Waals surface area contributed by atoms with Crippen molar-refractivity contribution in [1.82, 2.24) is 25.2 Å². The zero-order valence-corrected chi connectivity index (χ0v) is 21.6. The van der Waals surface area contributed by atoms with E-state index in [9.17, 15) is 14.0 Å². The van der Waals surface area contributed by atoms with Crippen LogP contribution in [0.5, 0.6) is 0 Å². The Labute approximate surface area is 221 Å². The van der Waals surface area contributed by atoms with E-state index in [0.29, 0.717) is 48.6 Å². The minimum absolute atomic E-state index is 0.00350. The van der Waals surface area contributed by atoms with Crippen molar-refractivity contribution in [2.45, 2.75) is 13.8 Å². The molecule has 0 saturated carbocycles. The van der Waals surface area contributed by atoms with Gasteiger partial charge in [-0.2, -0.15) is 0 Å². The number of carbonyl (C=O) groups excluding carboxylic acids is 2. The Morgan fingerprint density at radius 3 is 2.53 bits per heavy atom. The molecule has 1 saturated heterocycles. The summed E-state index contributed by atoms with van der Waals surface area (Å²) in [4.78, 5) is 40.5. The predicted molar refractivity (Wildman–Crippen MR) is 143 cm³/mol. The van der Waals surface area contributed by atoms with E-state index in [4.69, 9.17) is 0 Å². The van der Waals surface area contributed by atoms with E-state index in [0.717, 1.165) is 17.2 Å². The summed E-state index contributed by atoms with van der Waals surface area (Å²) >= 11 is 1.04. The molecule has 0 spiro atoms. The smallest absolute Gasteiger partial charge is 0.321 e. The number of rotatable bonds is 5. The third kappa shape index (κ3) is 4.99. The Morgan fingerprint density at radius 2 is 1.87 bits per heavy atom. The van der Waals surface area contributed by atoms with Crippen LogP contribution < -0.4 is 15.5 Å². The van der Waals surface area contributed by atoms with Crippen molar-refractivity contribution in [2.24, 2.45) is 0 Å². The number of hydrogen-bond acceptors (Lipinski definition) is 7. The number of halogens is 2. The maximum atomic E-state index is 15.8. The molecule has 0 aliphatic carbocycles. The fourth-order valence-corrected chi connectivity index (χ4v) is 5.33. The first-order valence-electron chi connectivity index (χ1n) is 12.1. The van der Waals surface area contributed by atoms with Crippen LogP contribution >= 0.6 is 11.3 Å². The molecule has 0 atom stereocenters. The van der Waals surface area contributed by atoms with Crippen LogP contribution in [0.25, 0.3) is 32.6 Å². The molecule has 5 rings (SSSR count). The molecule has 1 fully saturated rings. The van der Waals surface area contributed by atoms with E-state index < -0.39 is 17.7 Å². The van der Waals surface area contributed by atoms with Crippen LogP contribution in [-0.4, -0.2) is 64.5 Å². The summed E-state index contributed by atoms with van der Waals surface area (Å²) in [6, 6.07) is 7.39. The molecule has 0 unspecified atom stereocenters. The normalized spacial score (nSPS) is 13.6. The highest BCUT2D eigenvalue weighted by Gasteiger charge is 2.23. The largest absolute Gasteiger partial charge is 0.353 e. The van der Waals surface area contributed by atoms with Gasteiger partial charge in [-0.05, 0) is 37.3 Å². The molecule has 4 heterocycles. The van der Waals surface area contributed by atoms with Crippen LogP contribution in [0.4, 0.5) is 24.5 Å². The molecule has 4 aromatic rings. The van der Waals surface area contributed by atoms with Crippen LogP contribution in [0.2, 0.25) is 0 Å². The fraction of sp³-hybridized carbons (Fsp3) is 0.269. The van der Waals surface area contributed by atoms with Crippen LogP contribution in [0.15, 0.2) is 42.7 Å². The number of urea groups is 1. The standard InChI is InChI=1S/C26H25F2N7O2S/c1-3-29-25(37)33-26-32-23-21(28)17(13-18(24(23)38-26)22-19(27)5-4-8-30-22)16-6-7-20(31-14-16)35-11-9-34(10-12-35)15(2)36/h4-8,13-14H,3,9-12H2,1-2H3,(H2,29,32,33,37). The molecule has 38 heavy (non-hydrogen) atoms. The van der Waals surface area contributed by atoms with Gasteiger partial charge in [0.1, 0.15) is 22.8 Å². The van der Waals surface area contributed by atoms with Crippen molar-refractivity contribution in [3.05, 3.63) is 54.4 Å². The number of hydrogen-bond donors (Lipinski definition) is 2. The number of fused-ring (bicyclic) bond motifs is 1. The summed E-state index contributed by atoms with van der Waals surface area (Å²) in [6.45, 7) is 6.26. The lowest BCUT2D eigenvalue weighted by molar-refractivity contribution is -0.129. The highest BCUT2D eigenvalue weighted by atomic mass is 32.1. The summed E-state index contributed by atoms with van der Waals surface area (Å²) in [5, 5.41) is 5.38. The number of thiazole rings is 1. The van der Waals surface area contributed by atoms with E-state index >= 15 is 4.39 Å². The van der Waals surface area contributed by atoms with Crippen LogP contribution in [0.3, 0.4) is 0 Å². The van der Waals surface area contributed by atoms with Gasteiger partial charge in [-0.3, -0.25) is 15.1 Å². The molecule has 12 heteroatoms. The zero-order chi connectivity index (χ0) is 26.8. The molecule has 1 aliphatic heterocycles. The number of anilines is 2. The number of carbonyl (C=O) groups is 2. The highest BCUT2D eigenvalue weighted by Crippen LogP contribution is 2.41. The van der Waals surface area contributed by atoms with Gasteiger partial charge in [0.15, 0.2) is 10.9 Å². The monoisotopic (exact) mass is 537 g/mol. The van der Waals surface area contributed by atoms with Gasteiger partial charge in [-0.1, -0.05) is 11.3 Å². The van der Waals surface area contributed by atoms with E-state index in [1.807, 2.05) is 0 Å². The van der Waals surface area contributed by atoms with Crippen molar-refractivity contribution < 1.29 is 18.4 Å². The minimum Gasteiger partial charge on any atom is -0.353 e. The van der Waals surface area contributed by atoms with E-state index in [1.54, 1.807) is 43.1 Å². The Bertz CT molecular complexity index is 1500. The van der Waals surface area contributed by atoms with Crippen LogP contribution in [0, 0.1) is 11.6 Å². The average molecular weight is 538 g/mol. The quantitative estimate of drug-likeness (QED) is 0.388. The Balaban J connectivity index is 1.54. The number of nitrogens with one attached hydrogen (secondary N) is 2. The Morgan fingerprint density at radius 1 is 1.08 bits per heavy atom. The van der Waals surface area contributed by atoms with Gasteiger partial charge in [0, 0.05) is 68.7 Å². The average Bonchev–Trinajstić information content (AvgIpc) is 3.34. The van der Waals surface area contributed by atoms with E-state index in [2.05, 4.69) is 30.5 Å². The van der Waals surface area contributed by atoms with Gasteiger partial charge in [-0.15, -0.1) is 0 Å². The van der Waals surface area contributed by atoms with Crippen LogP contribution in [-0.2, 0) is 4.79 Å². The van der Waals surface area contributed by atoms with Crippen molar-refractivity contribution >= 4 is 44.4 Å². The predicted octanol–water partition coefficient (Wildman–Crippen LogP) is 4.51.